The lowest BCUT2D eigenvalue weighted by Crippen LogP contribution is -2.42. The Morgan fingerprint density at radius 2 is 1.89 bits per heavy atom. The molecule has 104 valence electrons. The van der Waals surface area contributed by atoms with E-state index in [1.165, 1.54) is 4.90 Å². The van der Waals surface area contributed by atoms with Crippen LogP contribution in [0.1, 0.15) is 26.2 Å². The zero-order chi connectivity index (χ0) is 14.0. The summed E-state index contributed by atoms with van der Waals surface area (Å²) in [5, 5.41) is 10.4. The molecule has 0 aliphatic carbocycles. The van der Waals surface area contributed by atoms with E-state index in [0.717, 1.165) is 19.3 Å². The molecule has 0 aliphatic heterocycles. The predicted octanol–water partition coefficient (Wildman–Crippen LogP) is 0.446. The number of carbonyl (C=O) groups is 3. The lowest BCUT2D eigenvalue weighted by Gasteiger charge is -2.16. The summed E-state index contributed by atoms with van der Waals surface area (Å²) in [6.07, 6.45) is 2.95. The molecule has 0 radical (unpaired) electrons. The summed E-state index contributed by atoms with van der Waals surface area (Å²) in [6, 6.07) is -0.505. The second-order valence-electron chi connectivity index (χ2n) is 3.87. The molecule has 0 unspecified atom stereocenters. The molecular formula is C11H20N2O5. The van der Waals surface area contributed by atoms with Crippen LogP contribution in [0.5, 0.6) is 0 Å². The van der Waals surface area contributed by atoms with E-state index in [1.54, 1.807) is 7.05 Å². The van der Waals surface area contributed by atoms with Gasteiger partial charge in [-0.25, -0.2) is 9.59 Å². The van der Waals surface area contributed by atoms with E-state index in [9.17, 15) is 14.4 Å². The number of nitrogens with one attached hydrogen (secondary N) is 1. The molecular weight excluding hydrogens is 240 g/mol. The lowest BCUT2D eigenvalue weighted by molar-refractivity contribution is -0.143. The van der Waals surface area contributed by atoms with E-state index in [-0.39, 0.29) is 0 Å². The van der Waals surface area contributed by atoms with Crippen LogP contribution in [0.4, 0.5) is 4.79 Å². The van der Waals surface area contributed by atoms with Crippen LogP contribution in [0, 0.1) is 0 Å². The summed E-state index contributed by atoms with van der Waals surface area (Å²) in [7, 11) is 1.59. The van der Waals surface area contributed by atoms with Crippen molar-refractivity contribution in [1.82, 2.24) is 10.2 Å². The van der Waals surface area contributed by atoms with Crippen molar-refractivity contribution in [2.24, 2.45) is 0 Å². The van der Waals surface area contributed by atoms with Crippen molar-refractivity contribution in [1.29, 1.82) is 0 Å². The van der Waals surface area contributed by atoms with Gasteiger partial charge < -0.3 is 14.7 Å². The van der Waals surface area contributed by atoms with Crippen LogP contribution in [0.3, 0.4) is 0 Å². The minimum Gasteiger partial charge on any atom is -0.480 e. The van der Waals surface area contributed by atoms with Crippen molar-refractivity contribution >= 4 is 17.9 Å². The third kappa shape index (κ3) is 8.51. The van der Waals surface area contributed by atoms with Gasteiger partial charge >= 0.3 is 12.0 Å². The molecule has 0 heterocycles. The Labute approximate surface area is 106 Å². The lowest BCUT2D eigenvalue weighted by atomic mass is 10.2. The van der Waals surface area contributed by atoms with Crippen LogP contribution in [0.15, 0.2) is 0 Å². The van der Waals surface area contributed by atoms with Gasteiger partial charge in [0.05, 0.1) is 0 Å². The zero-order valence-corrected chi connectivity index (χ0v) is 10.8. The number of urea groups is 1. The second kappa shape index (κ2) is 9.41. The molecule has 0 aromatic carbocycles. The van der Waals surface area contributed by atoms with Crippen LogP contribution in [0.2, 0.25) is 0 Å². The third-order valence-corrected chi connectivity index (χ3v) is 2.15. The van der Waals surface area contributed by atoms with E-state index in [1.807, 2.05) is 0 Å². The number of nitrogens with zero attached hydrogens (tertiary/aromatic N) is 1. The number of ether oxygens (including phenoxy) is 1. The van der Waals surface area contributed by atoms with Crippen LogP contribution in [-0.4, -0.2) is 54.7 Å². The molecule has 0 aliphatic rings. The SMILES string of the molecule is CCCCCN(C)C(=O)NC(=O)COCC(=O)O. The van der Waals surface area contributed by atoms with Crippen molar-refractivity contribution in [2.75, 3.05) is 26.8 Å². The normalized spacial score (nSPS) is 9.89. The highest BCUT2D eigenvalue weighted by Crippen LogP contribution is 1.96. The molecule has 7 nitrogen and oxygen atoms in total. The topological polar surface area (TPSA) is 95.9 Å². The largest absolute Gasteiger partial charge is 0.480 e. The Kier molecular flexibility index (Phi) is 8.55. The van der Waals surface area contributed by atoms with Crippen molar-refractivity contribution in [3.8, 4) is 0 Å². The van der Waals surface area contributed by atoms with Gasteiger partial charge in [0.1, 0.15) is 13.2 Å². The highest BCUT2D eigenvalue weighted by Gasteiger charge is 2.12. The minimum absolute atomic E-state index is 0.444. The van der Waals surface area contributed by atoms with Gasteiger partial charge in [0.25, 0.3) is 5.91 Å². The molecule has 3 amide bonds. The third-order valence-electron chi connectivity index (χ3n) is 2.15. The summed E-state index contributed by atoms with van der Waals surface area (Å²) in [5.74, 6) is -1.81. The smallest absolute Gasteiger partial charge is 0.329 e. The number of carboxylic acids is 1. The number of rotatable bonds is 8. The number of carboxylic acid groups (broad SMARTS) is 1. The number of carbonyl (C=O) groups excluding carboxylic acids is 2. The van der Waals surface area contributed by atoms with E-state index >= 15 is 0 Å². The summed E-state index contributed by atoms with van der Waals surface area (Å²) in [5.41, 5.74) is 0. The van der Waals surface area contributed by atoms with Gasteiger partial charge in [-0.3, -0.25) is 10.1 Å². The molecule has 0 rings (SSSR count). The van der Waals surface area contributed by atoms with Gasteiger partial charge in [0, 0.05) is 13.6 Å². The maximum atomic E-state index is 11.5. The average molecular weight is 260 g/mol. The first-order valence-corrected chi connectivity index (χ1v) is 5.81. The first kappa shape index (κ1) is 16.4. The Morgan fingerprint density at radius 1 is 1.22 bits per heavy atom. The minimum atomic E-state index is -1.16. The van der Waals surface area contributed by atoms with E-state index < -0.39 is 31.1 Å². The van der Waals surface area contributed by atoms with Gasteiger partial charge in [-0.05, 0) is 6.42 Å². The molecule has 0 fully saturated rings. The van der Waals surface area contributed by atoms with Crippen molar-refractivity contribution < 1.29 is 24.2 Å². The van der Waals surface area contributed by atoms with Crippen molar-refractivity contribution in [3.05, 3.63) is 0 Å². The van der Waals surface area contributed by atoms with E-state index in [2.05, 4.69) is 17.0 Å². The van der Waals surface area contributed by atoms with Crippen LogP contribution in [-0.2, 0) is 14.3 Å². The Hall–Kier alpha value is -1.63. The number of hydrogen-bond acceptors (Lipinski definition) is 4. The van der Waals surface area contributed by atoms with Gasteiger partial charge in [-0.15, -0.1) is 0 Å². The van der Waals surface area contributed by atoms with Crippen LogP contribution >= 0.6 is 0 Å². The fourth-order valence-electron chi connectivity index (χ4n) is 1.18. The molecule has 0 spiro atoms. The number of imide groups is 1. The maximum Gasteiger partial charge on any atom is 0.329 e. The average Bonchev–Trinajstić information content (AvgIpc) is 2.28. The van der Waals surface area contributed by atoms with Gasteiger partial charge in [-0.2, -0.15) is 0 Å². The molecule has 0 aromatic heterocycles. The highest BCUT2D eigenvalue weighted by molar-refractivity contribution is 5.94. The monoisotopic (exact) mass is 260 g/mol. The summed E-state index contributed by atoms with van der Waals surface area (Å²) in [6.45, 7) is 1.63. The fraction of sp³-hybridized carbons (Fsp3) is 0.727. The number of unbranched alkanes of at least 4 members (excludes halogenated alkanes) is 2. The fourth-order valence-corrected chi connectivity index (χ4v) is 1.18. The number of aliphatic carboxylic acids is 1. The second-order valence-corrected chi connectivity index (χ2v) is 3.87. The number of amides is 3. The molecule has 0 atom stereocenters. The van der Waals surface area contributed by atoms with Crippen molar-refractivity contribution in [3.63, 3.8) is 0 Å². The molecule has 0 bridgehead atoms. The summed E-state index contributed by atoms with van der Waals surface area (Å²) in [4.78, 5) is 34.2. The molecule has 7 heteroatoms. The van der Waals surface area contributed by atoms with Gasteiger partial charge in [-0.1, -0.05) is 19.8 Å². The van der Waals surface area contributed by atoms with E-state index in [0.29, 0.717) is 6.54 Å². The Balaban J connectivity index is 3.77. The Morgan fingerprint density at radius 3 is 2.44 bits per heavy atom. The standard InChI is InChI=1S/C11H20N2O5/c1-3-4-5-6-13(2)11(17)12-9(14)7-18-8-10(15)16/h3-8H2,1-2H3,(H,15,16)(H,12,14,17). The van der Waals surface area contributed by atoms with Gasteiger partial charge in [0.2, 0.25) is 0 Å². The molecule has 18 heavy (non-hydrogen) atoms. The van der Waals surface area contributed by atoms with Gasteiger partial charge in [0.15, 0.2) is 0 Å². The van der Waals surface area contributed by atoms with E-state index in [4.69, 9.17) is 5.11 Å². The first-order valence-electron chi connectivity index (χ1n) is 5.81. The van der Waals surface area contributed by atoms with Crippen molar-refractivity contribution in [2.45, 2.75) is 26.2 Å². The predicted molar refractivity (Wildman–Crippen MR) is 64.1 cm³/mol. The quantitative estimate of drug-likeness (QED) is 0.617. The summed E-state index contributed by atoms with van der Waals surface area (Å²) >= 11 is 0. The molecule has 0 aromatic rings. The number of hydrogen-bond donors (Lipinski definition) is 2. The van der Waals surface area contributed by atoms with Crippen LogP contribution in [0.25, 0.3) is 0 Å². The molecule has 0 saturated carbocycles. The zero-order valence-electron chi connectivity index (χ0n) is 10.8. The maximum absolute atomic E-state index is 11.5. The first-order chi connectivity index (χ1) is 8.47. The van der Waals surface area contributed by atoms with Crippen LogP contribution < -0.4 is 5.32 Å². The molecule has 0 saturated heterocycles. The highest BCUT2D eigenvalue weighted by atomic mass is 16.5. The Bertz CT molecular complexity index is 293. The summed E-state index contributed by atoms with van der Waals surface area (Å²) < 4.78 is 4.55. The molecule has 2 N–H and O–H groups in total.